The molecule has 1 aromatic carbocycles. The third-order valence-electron chi connectivity index (χ3n) is 2.39. The first-order chi connectivity index (χ1) is 9.99. The lowest BCUT2D eigenvalue weighted by Crippen LogP contribution is -2.01. The molecule has 0 saturated carbocycles. The van der Waals surface area contributed by atoms with E-state index >= 15 is 0 Å². The molecule has 0 radical (unpaired) electrons. The van der Waals surface area contributed by atoms with Crippen LogP contribution in [-0.4, -0.2) is 21.2 Å². The molecule has 0 unspecified atom stereocenters. The Hall–Kier alpha value is -1.05. The van der Waals surface area contributed by atoms with Crippen LogP contribution in [0.4, 0.5) is 0 Å². The second-order valence-electron chi connectivity index (χ2n) is 4.01. The van der Waals surface area contributed by atoms with Crippen molar-refractivity contribution in [3.05, 3.63) is 33.9 Å². The van der Waals surface area contributed by atoms with Gasteiger partial charge in [-0.15, -0.1) is 0 Å². The Morgan fingerprint density at radius 2 is 2.29 bits per heavy atom. The molecule has 1 aliphatic heterocycles. The summed E-state index contributed by atoms with van der Waals surface area (Å²) in [6, 6.07) is 5.14. The van der Waals surface area contributed by atoms with Crippen molar-refractivity contribution in [2.75, 3.05) is 5.75 Å². The highest BCUT2D eigenvalue weighted by Gasteiger charge is 2.22. The van der Waals surface area contributed by atoms with E-state index in [0.29, 0.717) is 11.4 Å². The Balaban J connectivity index is 2.31. The smallest absolute Gasteiger partial charge is 0.308 e. The van der Waals surface area contributed by atoms with Gasteiger partial charge in [0.1, 0.15) is 15.8 Å². The zero-order valence-electron chi connectivity index (χ0n) is 11.4. The lowest BCUT2D eigenvalue weighted by atomic mass is 10.2. The first kappa shape index (κ1) is 16.3. The van der Waals surface area contributed by atoms with Gasteiger partial charge in [-0.2, -0.15) is 0 Å². The monoisotopic (exact) mass is 385 g/mol. The number of carbonyl (C=O) groups is 2. The molecule has 0 N–H and O–H groups in total. The van der Waals surface area contributed by atoms with E-state index in [0.717, 1.165) is 31.9 Å². The molecule has 0 fully saturated rings. The first-order valence-corrected chi connectivity index (χ1v) is 8.72. The normalized spacial score (nSPS) is 16.2. The number of rotatable bonds is 3. The van der Waals surface area contributed by atoms with E-state index in [2.05, 4.69) is 20.9 Å². The Labute approximate surface area is 139 Å². The molecule has 21 heavy (non-hydrogen) atoms. The highest BCUT2D eigenvalue weighted by Crippen LogP contribution is 2.32. The average Bonchev–Trinajstić information content (AvgIpc) is 2.74. The molecule has 1 aromatic rings. The lowest BCUT2D eigenvalue weighted by Gasteiger charge is -2.04. The van der Waals surface area contributed by atoms with Gasteiger partial charge >= 0.3 is 5.97 Å². The van der Waals surface area contributed by atoms with E-state index in [9.17, 15) is 9.59 Å². The van der Waals surface area contributed by atoms with Gasteiger partial charge in [-0.1, -0.05) is 34.6 Å². The first-order valence-electron chi connectivity index (χ1n) is 6.13. The van der Waals surface area contributed by atoms with Gasteiger partial charge in [-0.05, 0) is 47.4 Å². The number of esters is 1. The summed E-state index contributed by atoms with van der Waals surface area (Å²) in [5, 5.41) is -0.0734. The summed E-state index contributed by atoms with van der Waals surface area (Å²) in [5.41, 5.74) is 1.14. The van der Waals surface area contributed by atoms with E-state index in [1.807, 2.05) is 6.92 Å². The second kappa shape index (κ2) is 7.29. The number of benzene rings is 1. The van der Waals surface area contributed by atoms with Crippen molar-refractivity contribution in [2.24, 2.45) is 4.99 Å². The Kier molecular flexibility index (Phi) is 5.66. The van der Waals surface area contributed by atoms with E-state index in [4.69, 9.17) is 4.74 Å². The molecule has 0 aromatic heterocycles. The minimum Gasteiger partial charge on any atom is -0.427 e. The Bertz CT molecular complexity index is 656. The van der Waals surface area contributed by atoms with Gasteiger partial charge < -0.3 is 4.74 Å². The molecule has 110 valence electrons. The van der Waals surface area contributed by atoms with E-state index in [1.54, 1.807) is 36.0 Å². The van der Waals surface area contributed by atoms with E-state index in [1.165, 1.54) is 6.92 Å². The maximum absolute atomic E-state index is 11.9. The number of ether oxygens (including phenoxy) is 1. The van der Waals surface area contributed by atoms with Crippen molar-refractivity contribution in [1.82, 2.24) is 0 Å². The Morgan fingerprint density at radius 1 is 1.52 bits per heavy atom. The van der Waals surface area contributed by atoms with Crippen molar-refractivity contribution in [3.63, 3.8) is 0 Å². The van der Waals surface area contributed by atoms with Gasteiger partial charge in [0.2, 0.25) is 5.12 Å². The SMILES string of the molecule is CCSC1=N/C(=C\c2cc(OC(C)=O)ccc2Br)C(=O)S1. The minimum atomic E-state index is -0.386. The highest BCUT2D eigenvalue weighted by molar-refractivity contribution is 9.10. The molecule has 0 bridgehead atoms. The molecular weight excluding hydrogens is 374 g/mol. The molecule has 1 heterocycles. The maximum atomic E-state index is 11.9. The third kappa shape index (κ3) is 4.46. The van der Waals surface area contributed by atoms with E-state index in [-0.39, 0.29) is 11.1 Å². The largest absolute Gasteiger partial charge is 0.427 e. The molecule has 0 amide bonds. The number of thioether (sulfide) groups is 2. The van der Waals surface area contributed by atoms with Crippen LogP contribution in [0, 0.1) is 0 Å². The predicted molar refractivity (Wildman–Crippen MR) is 91.6 cm³/mol. The third-order valence-corrected chi connectivity index (χ3v) is 5.00. The number of nitrogens with zero attached hydrogens (tertiary/aromatic N) is 1. The van der Waals surface area contributed by atoms with Gasteiger partial charge in [-0.3, -0.25) is 9.59 Å². The number of hydrogen-bond donors (Lipinski definition) is 0. The fraction of sp³-hybridized carbons (Fsp3) is 0.214. The number of carbonyl (C=O) groups excluding carboxylic acids is 2. The molecular formula is C14H12BrNO3S2. The standard InChI is InChI=1S/C14H12BrNO3S2/c1-3-20-14-16-12(13(18)21-14)7-9-6-10(19-8(2)17)4-5-11(9)15/h4-7H,3H2,1-2H3/b12-7-. The van der Waals surface area contributed by atoms with Crippen molar-refractivity contribution in [1.29, 1.82) is 0 Å². The Morgan fingerprint density at radius 3 is 2.95 bits per heavy atom. The predicted octanol–water partition coefficient (Wildman–Crippen LogP) is 4.10. The van der Waals surface area contributed by atoms with Crippen molar-refractivity contribution in [3.8, 4) is 5.75 Å². The summed E-state index contributed by atoms with van der Waals surface area (Å²) in [6.07, 6.45) is 1.69. The molecule has 7 heteroatoms. The molecule has 0 spiro atoms. The molecule has 1 aliphatic rings. The van der Waals surface area contributed by atoms with Crippen molar-refractivity contribution in [2.45, 2.75) is 13.8 Å². The minimum absolute atomic E-state index is 0.0734. The molecule has 0 saturated heterocycles. The molecule has 0 atom stereocenters. The summed E-state index contributed by atoms with van der Waals surface area (Å²) in [7, 11) is 0. The summed E-state index contributed by atoms with van der Waals surface area (Å²) in [6.45, 7) is 3.36. The van der Waals surface area contributed by atoms with Crippen LogP contribution in [0.1, 0.15) is 19.4 Å². The number of halogens is 1. The van der Waals surface area contributed by atoms with Gasteiger partial charge in [0.25, 0.3) is 0 Å². The van der Waals surface area contributed by atoms with Crippen LogP contribution in [0.3, 0.4) is 0 Å². The van der Waals surface area contributed by atoms with Gasteiger partial charge in [0.05, 0.1) is 0 Å². The van der Waals surface area contributed by atoms with Crippen LogP contribution in [0.2, 0.25) is 0 Å². The van der Waals surface area contributed by atoms with Gasteiger partial charge in [0, 0.05) is 11.4 Å². The maximum Gasteiger partial charge on any atom is 0.308 e. The van der Waals surface area contributed by atoms with Crippen LogP contribution in [0.5, 0.6) is 5.75 Å². The lowest BCUT2D eigenvalue weighted by molar-refractivity contribution is -0.131. The van der Waals surface area contributed by atoms with Crippen molar-refractivity contribution >= 4 is 61.0 Å². The average molecular weight is 386 g/mol. The van der Waals surface area contributed by atoms with Crippen molar-refractivity contribution < 1.29 is 14.3 Å². The van der Waals surface area contributed by atoms with Crippen LogP contribution >= 0.6 is 39.5 Å². The summed E-state index contributed by atoms with van der Waals surface area (Å²) < 4.78 is 6.61. The fourth-order valence-electron chi connectivity index (χ4n) is 1.58. The van der Waals surface area contributed by atoms with E-state index < -0.39 is 0 Å². The van der Waals surface area contributed by atoms with Gasteiger partial charge in [0.15, 0.2) is 0 Å². The fourth-order valence-corrected chi connectivity index (χ4v) is 3.68. The molecule has 0 aliphatic carbocycles. The quantitative estimate of drug-likeness (QED) is 0.445. The van der Waals surface area contributed by atoms with Crippen LogP contribution in [0.15, 0.2) is 33.4 Å². The van der Waals surface area contributed by atoms with Gasteiger partial charge in [-0.25, -0.2) is 4.99 Å². The van der Waals surface area contributed by atoms with Crippen LogP contribution in [0.25, 0.3) is 6.08 Å². The summed E-state index contributed by atoms with van der Waals surface area (Å²) >= 11 is 6.10. The second-order valence-corrected chi connectivity index (χ2v) is 7.33. The van der Waals surface area contributed by atoms with Crippen LogP contribution < -0.4 is 4.74 Å². The number of hydrogen-bond acceptors (Lipinski definition) is 6. The summed E-state index contributed by atoms with van der Waals surface area (Å²) in [5.74, 6) is 0.920. The summed E-state index contributed by atoms with van der Waals surface area (Å²) in [4.78, 5) is 27.2. The zero-order valence-corrected chi connectivity index (χ0v) is 14.6. The van der Waals surface area contributed by atoms with Crippen LogP contribution in [-0.2, 0) is 9.59 Å². The molecule has 4 nitrogen and oxygen atoms in total. The molecule has 2 rings (SSSR count). The zero-order chi connectivity index (χ0) is 15.4. The number of aliphatic imine (C=N–C) groups is 1. The topological polar surface area (TPSA) is 55.7 Å². The highest BCUT2D eigenvalue weighted by atomic mass is 79.9.